The SMILES string of the molecule is Cc1nc(C)c2c(n1)C(C)C(C)c1cnc3c(c(C)nn3C)c1-2. The smallest absolute Gasteiger partial charge is 0.158 e. The lowest BCUT2D eigenvalue weighted by Gasteiger charge is -2.31. The van der Waals surface area contributed by atoms with Crippen LogP contribution in [-0.4, -0.2) is 24.7 Å². The molecule has 0 fully saturated rings. The zero-order valence-corrected chi connectivity index (χ0v) is 14.5. The summed E-state index contributed by atoms with van der Waals surface area (Å²) in [4.78, 5) is 14.1. The summed E-state index contributed by atoms with van der Waals surface area (Å²) in [5.74, 6) is 1.58. The van der Waals surface area contributed by atoms with E-state index in [-0.39, 0.29) is 0 Å². The van der Waals surface area contributed by atoms with Gasteiger partial charge in [-0.15, -0.1) is 0 Å². The third-order valence-corrected chi connectivity index (χ3v) is 5.21. The Morgan fingerprint density at radius 1 is 0.957 bits per heavy atom. The van der Waals surface area contributed by atoms with E-state index in [0.717, 1.165) is 33.9 Å². The maximum Gasteiger partial charge on any atom is 0.158 e. The van der Waals surface area contributed by atoms with Gasteiger partial charge in [-0.3, -0.25) is 4.68 Å². The molecule has 5 nitrogen and oxygen atoms in total. The Balaban J connectivity index is 2.22. The second kappa shape index (κ2) is 4.60. The van der Waals surface area contributed by atoms with E-state index in [2.05, 4.69) is 42.8 Å². The third-order valence-electron chi connectivity index (χ3n) is 5.21. The summed E-state index contributed by atoms with van der Waals surface area (Å²) in [5.41, 5.74) is 7.84. The fourth-order valence-electron chi connectivity index (χ4n) is 3.92. The van der Waals surface area contributed by atoms with Gasteiger partial charge in [0, 0.05) is 36.0 Å². The van der Waals surface area contributed by atoms with E-state index in [4.69, 9.17) is 4.98 Å². The van der Waals surface area contributed by atoms with E-state index in [1.54, 1.807) is 0 Å². The molecule has 0 amide bonds. The van der Waals surface area contributed by atoms with Crippen LogP contribution in [-0.2, 0) is 7.05 Å². The highest BCUT2D eigenvalue weighted by Crippen LogP contribution is 2.49. The fourth-order valence-corrected chi connectivity index (χ4v) is 3.92. The Kier molecular flexibility index (Phi) is 2.86. The van der Waals surface area contributed by atoms with Gasteiger partial charge in [0.15, 0.2) is 5.65 Å². The standard InChI is InChI=1S/C18H21N5/c1-8-9(2)17-14(10(3)20-12(5)21-17)16-13(8)7-19-18-15(16)11(4)22-23(18)6/h7-9H,1-6H3. The van der Waals surface area contributed by atoms with E-state index < -0.39 is 0 Å². The van der Waals surface area contributed by atoms with Crippen LogP contribution in [0.25, 0.3) is 22.2 Å². The summed E-state index contributed by atoms with van der Waals surface area (Å²) >= 11 is 0. The minimum atomic E-state index is 0.356. The Bertz CT molecular complexity index is 954. The molecule has 2 atom stereocenters. The Morgan fingerprint density at radius 3 is 2.43 bits per heavy atom. The van der Waals surface area contributed by atoms with E-state index in [0.29, 0.717) is 11.8 Å². The number of aromatic nitrogens is 5. The van der Waals surface area contributed by atoms with Crippen molar-refractivity contribution in [3.8, 4) is 11.1 Å². The minimum absolute atomic E-state index is 0.356. The molecule has 4 rings (SSSR count). The van der Waals surface area contributed by atoms with Gasteiger partial charge in [-0.25, -0.2) is 15.0 Å². The molecule has 0 aromatic carbocycles. The van der Waals surface area contributed by atoms with Gasteiger partial charge < -0.3 is 0 Å². The maximum absolute atomic E-state index is 4.79. The number of nitrogens with zero attached hydrogens (tertiary/aromatic N) is 5. The molecule has 1 aliphatic rings. The van der Waals surface area contributed by atoms with Crippen molar-refractivity contribution in [2.45, 2.75) is 46.5 Å². The van der Waals surface area contributed by atoms with Crippen LogP contribution < -0.4 is 0 Å². The minimum Gasteiger partial charge on any atom is -0.250 e. The van der Waals surface area contributed by atoms with Crippen LogP contribution >= 0.6 is 0 Å². The molecule has 0 aliphatic heterocycles. The molecule has 0 spiro atoms. The van der Waals surface area contributed by atoms with Crippen molar-refractivity contribution < 1.29 is 0 Å². The highest BCUT2D eigenvalue weighted by Gasteiger charge is 2.33. The van der Waals surface area contributed by atoms with Gasteiger partial charge in [-0.2, -0.15) is 5.10 Å². The lowest BCUT2D eigenvalue weighted by Crippen LogP contribution is -2.18. The van der Waals surface area contributed by atoms with Crippen LogP contribution in [0.4, 0.5) is 0 Å². The Hall–Kier alpha value is -2.30. The van der Waals surface area contributed by atoms with Gasteiger partial charge in [-0.05, 0) is 32.3 Å². The molecule has 0 saturated carbocycles. The molecule has 3 aromatic rings. The molecule has 5 heteroatoms. The summed E-state index contributed by atoms with van der Waals surface area (Å²) in [7, 11) is 1.95. The number of hydrogen-bond donors (Lipinski definition) is 0. The van der Waals surface area contributed by atoms with Gasteiger partial charge in [-0.1, -0.05) is 13.8 Å². The fraction of sp³-hybridized carbons (Fsp3) is 0.444. The molecule has 1 aliphatic carbocycles. The number of pyridine rings is 1. The van der Waals surface area contributed by atoms with E-state index in [9.17, 15) is 0 Å². The van der Waals surface area contributed by atoms with Gasteiger partial charge >= 0.3 is 0 Å². The van der Waals surface area contributed by atoms with Crippen molar-refractivity contribution >= 4 is 11.0 Å². The topological polar surface area (TPSA) is 56.5 Å². The van der Waals surface area contributed by atoms with Crippen LogP contribution in [0, 0.1) is 20.8 Å². The van der Waals surface area contributed by atoms with Gasteiger partial charge in [0.2, 0.25) is 0 Å². The van der Waals surface area contributed by atoms with Crippen molar-refractivity contribution in [3.63, 3.8) is 0 Å². The molecule has 0 N–H and O–H groups in total. The van der Waals surface area contributed by atoms with E-state index in [1.165, 1.54) is 16.7 Å². The van der Waals surface area contributed by atoms with Crippen molar-refractivity contribution in [1.82, 2.24) is 24.7 Å². The van der Waals surface area contributed by atoms with Crippen LogP contribution in [0.15, 0.2) is 6.20 Å². The highest BCUT2D eigenvalue weighted by molar-refractivity contribution is 5.98. The Morgan fingerprint density at radius 2 is 1.70 bits per heavy atom. The normalized spacial score (nSPS) is 19.7. The first-order valence-electron chi connectivity index (χ1n) is 8.07. The largest absolute Gasteiger partial charge is 0.250 e. The van der Waals surface area contributed by atoms with Crippen molar-refractivity contribution in [2.75, 3.05) is 0 Å². The first-order chi connectivity index (χ1) is 10.9. The average molecular weight is 307 g/mol. The molecular formula is C18H21N5. The zero-order valence-electron chi connectivity index (χ0n) is 14.5. The maximum atomic E-state index is 4.79. The third kappa shape index (κ3) is 1.79. The molecule has 0 saturated heterocycles. The van der Waals surface area contributed by atoms with Crippen LogP contribution in [0.3, 0.4) is 0 Å². The molecule has 0 bridgehead atoms. The Labute approximate surface area is 135 Å². The van der Waals surface area contributed by atoms with Gasteiger partial charge in [0.1, 0.15) is 5.82 Å². The predicted octanol–water partition coefficient (Wildman–Crippen LogP) is 3.57. The molecule has 2 unspecified atom stereocenters. The molecule has 23 heavy (non-hydrogen) atoms. The zero-order chi connectivity index (χ0) is 16.5. The molecular weight excluding hydrogens is 286 g/mol. The van der Waals surface area contributed by atoms with Crippen LogP contribution in [0.1, 0.15) is 54.2 Å². The van der Waals surface area contributed by atoms with E-state index >= 15 is 0 Å². The predicted molar refractivity (Wildman–Crippen MR) is 90.6 cm³/mol. The molecule has 3 heterocycles. The number of fused-ring (bicyclic) bond motifs is 5. The van der Waals surface area contributed by atoms with Crippen molar-refractivity contribution in [3.05, 3.63) is 34.7 Å². The summed E-state index contributed by atoms with van der Waals surface area (Å²) in [6, 6.07) is 0. The molecule has 118 valence electrons. The summed E-state index contributed by atoms with van der Waals surface area (Å²) in [5, 5.41) is 5.72. The molecule has 3 aromatic heterocycles. The first-order valence-corrected chi connectivity index (χ1v) is 8.07. The summed E-state index contributed by atoms with van der Waals surface area (Å²) in [6.45, 7) is 10.6. The van der Waals surface area contributed by atoms with Crippen LogP contribution in [0.5, 0.6) is 0 Å². The van der Waals surface area contributed by atoms with Crippen molar-refractivity contribution in [2.24, 2.45) is 7.05 Å². The average Bonchev–Trinajstić information content (AvgIpc) is 2.78. The summed E-state index contributed by atoms with van der Waals surface area (Å²) < 4.78 is 1.86. The second-order valence-corrected chi connectivity index (χ2v) is 6.69. The van der Waals surface area contributed by atoms with Gasteiger partial charge in [0.25, 0.3) is 0 Å². The number of hydrogen-bond acceptors (Lipinski definition) is 4. The summed E-state index contributed by atoms with van der Waals surface area (Å²) in [6.07, 6.45) is 2.02. The number of aryl methyl sites for hydroxylation is 4. The lowest BCUT2D eigenvalue weighted by atomic mass is 9.75. The van der Waals surface area contributed by atoms with Gasteiger partial charge in [0.05, 0.1) is 16.8 Å². The number of rotatable bonds is 0. The first kappa shape index (κ1) is 14.3. The van der Waals surface area contributed by atoms with Crippen LogP contribution in [0.2, 0.25) is 0 Å². The highest BCUT2D eigenvalue weighted by atomic mass is 15.3. The quantitative estimate of drug-likeness (QED) is 0.637. The molecule has 0 radical (unpaired) electrons. The monoisotopic (exact) mass is 307 g/mol. The van der Waals surface area contributed by atoms with E-state index in [1.807, 2.05) is 24.9 Å². The van der Waals surface area contributed by atoms with Crippen molar-refractivity contribution in [1.29, 1.82) is 0 Å². The second-order valence-electron chi connectivity index (χ2n) is 6.69. The lowest BCUT2D eigenvalue weighted by molar-refractivity contribution is 0.593.